The minimum Gasteiger partial charge on any atom is -0.454 e. The smallest absolute Gasteiger partial charge is 0.286 e. The Morgan fingerprint density at radius 1 is 1.25 bits per heavy atom. The average molecular weight is 336 g/mol. The maximum Gasteiger partial charge on any atom is 0.286 e. The summed E-state index contributed by atoms with van der Waals surface area (Å²) < 4.78 is 5.38. The maximum absolute atomic E-state index is 12.0. The van der Waals surface area contributed by atoms with Crippen LogP contribution in [0.25, 0.3) is 0 Å². The van der Waals surface area contributed by atoms with E-state index in [4.69, 9.17) is 4.42 Å². The highest BCUT2D eigenvalue weighted by Gasteiger charge is 2.19. The molecule has 2 N–H and O–H groups in total. The zero-order valence-corrected chi connectivity index (χ0v) is 14.8. The van der Waals surface area contributed by atoms with E-state index in [1.165, 1.54) is 0 Å². The molecule has 7 heteroatoms. The molecule has 0 saturated carbocycles. The summed E-state index contributed by atoms with van der Waals surface area (Å²) in [6, 6.07) is 3.72. The van der Waals surface area contributed by atoms with Gasteiger partial charge < -0.3 is 20.0 Å². The first-order chi connectivity index (χ1) is 11.5. The van der Waals surface area contributed by atoms with Gasteiger partial charge in [-0.25, -0.2) is 0 Å². The van der Waals surface area contributed by atoms with Gasteiger partial charge in [0.05, 0.1) is 6.54 Å². The zero-order valence-electron chi connectivity index (χ0n) is 14.8. The number of carbonyl (C=O) groups excluding carboxylic acids is 2. The number of likely N-dealkylation sites (N-methyl/N-ethyl adjacent to an activating group) is 1. The lowest BCUT2D eigenvalue weighted by Gasteiger charge is -2.36. The Labute approximate surface area is 143 Å². The third kappa shape index (κ3) is 5.35. The monoisotopic (exact) mass is 336 g/mol. The van der Waals surface area contributed by atoms with Gasteiger partial charge >= 0.3 is 0 Å². The first-order valence-corrected chi connectivity index (χ1v) is 8.49. The van der Waals surface area contributed by atoms with Crippen LogP contribution in [0.5, 0.6) is 0 Å². The summed E-state index contributed by atoms with van der Waals surface area (Å²) in [6.07, 6.45) is 1.34. The molecule has 2 heterocycles. The summed E-state index contributed by atoms with van der Waals surface area (Å²) in [5.74, 6) is 0.571. The van der Waals surface area contributed by atoms with Gasteiger partial charge in [-0.05, 0) is 32.5 Å². The molecule has 0 spiro atoms. The number of furan rings is 1. The van der Waals surface area contributed by atoms with E-state index in [-0.39, 0.29) is 17.6 Å². The SMILES string of the molecule is CNC(=O)c1ccc(CNC(=O)CC[C@@H](C)N2CCN(C)CC2)o1. The second-order valence-corrected chi connectivity index (χ2v) is 6.35. The van der Waals surface area contributed by atoms with E-state index < -0.39 is 0 Å². The summed E-state index contributed by atoms with van der Waals surface area (Å²) in [4.78, 5) is 28.2. The van der Waals surface area contributed by atoms with Crippen LogP contribution in [0.4, 0.5) is 0 Å². The van der Waals surface area contributed by atoms with Gasteiger partial charge in [-0.15, -0.1) is 0 Å². The molecule has 134 valence electrons. The summed E-state index contributed by atoms with van der Waals surface area (Å²) in [5, 5.41) is 5.34. The fraction of sp³-hybridized carbons (Fsp3) is 0.647. The van der Waals surface area contributed by atoms with Crippen LogP contribution >= 0.6 is 0 Å². The largest absolute Gasteiger partial charge is 0.454 e. The molecule has 1 atom stereocenters. The van der Waals surface area contributed by atoms with Crippen molar-refractivity contribution in [1.82, 2.24) is 20.4 Å². The number of rotatable bonds is 7. The van der Waals surface area contributed by atoms with Crippen LogP contribution in [0.15, 0.2) is 16.5 Å². The van der Waals surface area contributed by atoms with Crippen molar-refractivity contribution in [1.29, 1.82) is 0 Å². The number of piperazine rings is 1. The van der Waals surface area contributed by atoms with E-state index in [1.807, 2.05) is 0 Å². The molecule has 0 radical (unpaired) electrons. The molecule has 1 fully saturated rings. The van der Waals surface area contributed by atoms with E-state index >= 15 is 0 Å². The predicted molar refractivity (Wildman–Crippen MR) is 91.7 cm³/mol. The Kier molecular flexibility index (Phi) is 6.81. The molecular weight excluding hydrogens is 308 g/mol. The highest BCUT2D eigenvalue weighted by Crippen LogP contribution is 2.11. The van der Waals surface area contributed by atoms with Gasteiger partial charge in [0.25, 0.3) is 5.91 Å². The first kappa shape index (κ1) is 18.5. The Morgan fingerprint density at radius 3 is 2.62 bits per heavy atom. The van der Waals surface area contributed by atoms with Crippen molar-refractivity contribution in [3.63, 3.8) is 0 Å². The van der Waals surface area contributed by atoms with Gasteiger partial charge in [-0.2, -0.15) is 0 Å². The Balaban J connectivity index is 1.68. The second-order valence-electron chi connectivity index (χ2n) is 6.35. The summed E-state index contributed by atoms with van der Waals surface area (Å²) in [5.41, 5.74) is 0. The Bertz CT molecular complexity index is 550. The third-order valence-corrected chi connectivity index (χ3v) is 4.52. The third-order valence-electron chi connectivity index (χ3n) is 4.52. The lowest BCUT2D eigenvalue weighted by molar-refractivity contribution is -0.121. The van der Waals surface area contributed by atoms with Crippen LogP contribution in [-0.2, 0) is 11.3 Å². The number of hydrogen-bond donors (Lipinski definition) is 2. The number of amides is 2. The summed E-state index contributed by atoms with van der Waals surface area (Å²) in [7, 11) is 3.69. The lowest BCUT2D eigenvalue weighted by atomic mass is 10.1. The molecule has 2 amide bonds. The first-order valence-electron chi connectivity index (χ1n) is 8.49. The topological polar surface area (TPSA) is 77.8 Å². The number of hydrogen-bond acceptors (Lipinski definition) is 5. The zero-order chi connectivity index (χ0) is 17.5. The lowest BCUT2D eigenvalue weighted by Crippen LogP contribution is -2.48. The van der Waals surface area contributed by atoms with Crippen LogP contribution in [0.3, 0.4) is 0 Å². The predicted octanol–water partition coefficient (Wildman–Crippen LogP) is 0.672. The van der Waals surface area contributed by atoms with E-state index in [2.05, 4.69) is 34.4 Å². The molecule has 1 aliphatic heterocycles. The highest BCUT2D eigenvalue weighted by molar-refractivity contribution is 5.91. The van der Waals surface area contributed by atoms with Crippen LogP contribution < -0.4 is 10.6 Å². The van der Waals surface area contributed by atoms with E-state index in [9.17, 15) is 9.59 Å². The second kappa shape index (κ2) is 8.84. The molecule has 0 aliphatic carbocycles. The molecule has 7 nitrogen and oxygen atoms in total. The van der Waals surface area contributed by atoms with Crippen LogP contribution in [0, 0.1) is 0 Å². The molecule has 1 aromatic rings. The van der Waals surface area contributed by atoms with E-state index in [0.717, 1.165) is 32.6 Å². The number of nitrogens with zero attached hydrogens (tertiary/aromatic N) is 2. The molecular formula is C17H28N4O3. The quantitative estimate of drug-likeness (QED) is 0.765. The van der Waals surface area contributed by atoms with Crippen molar-refractivity contribution in [3.8, 4) is 0 Å². The molecule has 1 aliphatic rings. The number of carbonyl (C=O) groups is 2. The molecule has 1 aromatic heterocycles. The van der Waals surface area contributed by atoms with Gasteiger partial charge in [0.2, 0.25) is 5.91 Å². The van der Waals surface area contributed by atoms with Crippen LogP contribution in [0.2, 0.25) is 0 Å². The minimum absolute atomic E-state index is 0.00821. The van der Waals surface area contributed by atoms with Gasteiger partial charge in [0.15, 0.2) is 5.76 Å². The molecule has 0 bridgehead atoms. The normalized spacial score (nSPS) is 17.5. The summed E-state index contributed by atoms with van der Waals surface area (Å²) >= 11 is 0. The minimum atomic E-state index is -0.270. The van der Waals surface area contributed by atoms with Gasteiger partial charge in [-0.3, -0.25) is 14.5 Å². The fourth-order valence-electron chi connectivity index (χ4n) is 2.78. The van der Waals surface area contributed by atoms with Crippen molar-refractivity contribution in [3.05, 3.63) is 23.7 Å². The maximum atomic E-state index is 12.0. The molecule has 2 rings (SSSR count). The van der Waals surface area contributed by atoms with Crippen molar-refractivity contribution in [2.24, 2.45) is 0 Å². The Hall–Kier alpha value is -1.86. The van der Waals surface area contributed by atoms with E-state index in [1.54, 1.807) is 19.2 Å². The highest BCUT2D eigenvalue weighted by atomic mass is 16.4. The van der Waals surface area contributed by atoms with E-state index in [0.29, 0.717) is 24.8 Å². The van der Waals surface area contributed by atoms with Gasteiger partial charge in [0, 0.05) is 45.7 Å². The van der Waals surface area contributed by atoms with Crippen molar-refractivity contribution < 1.29 is 14.0 Å². The van der Waals surface area contributed by atoms with Crippen LogP contribution in [-0.4, -0.2) is 67.9 Å². The van der Waals surface area contributed by atoms with Crippen molar-refractivity contribution in [2.45, 2.75) is 32.4 Å². The van der Waals surface area contributed by atoms with Crippen LogP contribution in [0.1, 0.15) is 36.1 Å². The Morgan fingerprint density at radius 2 is 1.96 bits per heavy atom. The standard InChI is InChI=1S/C17H28N4O3/c1-13(21-10-8-20(3)9-11-21)4-7-16(22)19-12-14-5-6-15(24-14)17(23)18-2/h5-6,13H,4,7-12H2,1-3H3,(H,18,23)(H,19,22)/t13-/m1/s1. The van der Waals surface area contributed by atoms with Gasteiger partial charge in [-0.1, -0.05) is 0 Å². The van der Waals surface area contributed by atoms with Crippen molar-refractivity contribution in [2.75, 3.05) is 40.3 Å². The average Bonchev–Trinajstić information content (AvgIpc) is 3.06. The molecule has 0 aromatic carbocycles. The fourth-order valence-corrected chi connectivity index (χ4v) is 2.78. The molecule has 1 saturated heterocycles. The number of nitrogens with one attached hydrogen (secondary N) is 2. The summed E-state index contributed by atoms with van der Waals surface area (Å²) in [6.45, 7) is 6.78. The molecule has 0 unspecified atom stereocenters. The van der Waals surface area contributed by atoms with Gasteiger partial charge in [0.1, 0.15) is 5.76 Å². The van der Waals surface area contributed by atoms with Crippen molar-refractivity contribution >= 4 is 11.8 Å². The molecule has 24 heavy (non-hydrogen) atoms.